The van der Waals surface area contributed by atoms with Crippen LogP contribution in [0.3, 0.4) is 0 Å². The van der Waals surface area contributed by atoms with Crippen LogP contribution >= 0.6 is 15.9 Å². The number of aromatic nitrogens is 1. The molecule has 0 aliphatic carbocycles. The van der Waals surface area contributed by atoms with Gasteiger partial charge in [0.15, 0.2) is 0 Å². The number of nitrogens with zero attached hydrogens (tertiary/aromatic N) is 1. The van der Waals surface area contributed by atoms with E-state index in [2.05, 4.69) is 20.7 Å². The van der Waals surface area contributed by atoms with Crippen LogP contribution in [0.5, 0.6) is 11.5 Å². The number of aryl methyl sites for hydroxylation is 1. The Bertz CT molecular complexity index is 1470. The van der Waals surface area contributed by atoms with Gasteiger partial charge < -0.3 is 19.1 Å². The van der Waals surface area contributed by atoms with Crippen molar-refractivity contribution in [3.63, 3.8) is 0 Å². The molecule has 4 rings (SSSR count). The summed E-state index contributed by atoms with van der Waals surface area (Å²) in [5.74, 6) is -4.97. The van der Waals surface area contributed by atoms with E-state index in [1.807, 2.05) is 0 Å². The van der Waals surface area contributed by atoms with Crippen LogP contribution in [0.4, 0.5) is 22.0 Å². The quantitative estimate of drug-likeness (QED) is 0.219. The van der Waals surface area contributed by atoms with E-state index >= 15 is 0 Å². The maximum absolute atomic E-state index is 14.1. The van der Waals surface area contributed by atoms with Crippen molar-refractivity contribution in [1.82, 2.24) is 4.57 Å². The molecule has 1 N–H and O–H groups in total. The molecular formula is C26H17BrF5NO4. The predicted octanol–water partition coefficient (Wildman–Crippen LogP) is 7.51. The molecule has 11 heteroatoms. The van der Waals surface area contributed by atoms with Crippen LogP contribution in [-0.2, 0) is 6.61 Å². The van der Waals surface area contributed by atoms with Crippen LogP contribution in [-0.4, -0.2) is 22.3 Å². The summed E-state index contributed by atoms with van der Waals surface area (Å²) in [6.45, 7) is -1.99. The molecule has 0 atom stereocenters. The SMILES string of the molecule is Cc1ccc(-c2cc(Br)ccc2OCc2c(F)cc(F)cc2F)n1-c1ccc(OC(F)F)c(C(=O)O)c1. The van der Waals surface area contributed by atoms with Crippen molar-refractivity contribution in [2.45, 2.75) is 20.1 Å². The molecular weight excluding hydrogens is 565 g/mol. The third-order valence-corrected chi connectivity index (χ3v) is 5.93. The normalized spacial score (nSPS) is 11.1. The summed E-state index contributed by atoms with van der Waals surface area (Å²) < 4.78 is 79.3. The number of halogens is 6. The zero-order valence-corrected chi connectivity index (χ0v) is 20.5. The second kappa shape index (κ2) is 10.6. The van der Waals surface area contributed by atoms with Gasteiger partial charge in [0.05, 0.1) is 11.3 Å². The van der Waals surface area contributed by atoms with E-state index < -0.39 is 53.5 Å². The largest absolute Gasteiger partial charge is 0.488 e. The van der Waals surface area contributed by atoms with Crippen LogP contribution in [0.1, 0.15) is 21.6 Å². The Morgan fingerprint density at radius 2 is 1.65 bits per heavy atom. The van der Waals surface area contributed by atoms with Gasteiger partial charge >= 0.3 is 12.6 Å². The van der Waals surface area contributed by atoms with Crippen LogP contribution < -0.4 is 9.47 Å². The van der Waals surface area contributed by atoms with Crippen molar-refractivity contribution < 1.29 is 41.3 Å². The monoisotopic (exact) mass is 581 g/mol. The van der Waals surface area contributed by atoms with E-state index in [9.17, 15) is 31.9 Å². The number of rotatable bonds is 8. The molecule has 1 heterocycles. The number of alkyl halides is 2. The average molecular weight is 582 g/mol. The van der Waals surface area contributed by atoms with Gasteiger partial charge in [-0.3, -0.25) is 0 Å². The molecule has 0 radical (unpaired) electrons. The number of ether oxygens (including phenoxy) is 2. The van der Waals surface area contributed by atoms with Crippen molar-refractivity contribution in [2.24, 2.45) is 0 Å². The lowest BCUT2D eigenvalue weighted by Crippen LogP contribution is -2.09. The summed E-state index contributed by atoms with van der Waals surface area (Å²) in [6, 6.07) is 13.2. The Labute approximate surface area is 215 Å². The third-order valence-electron chi connectivity index (χ3n) is 5.44. The number of hydrogen-bond acceptors (Lipinski definition) is 3. The number of carboxylic acids is 1. The van der Waals surface area contributed by atoms with E-state index in [0.717, 1.165) is 6.07 Å². The van der Waals surface area contributed by atoms with Gasteiger partial charge in [-0.05, 0) is 55.5 Å². The van der Waals surface area contributed by atoms with E-state index in [4.69, 9.17) is 4.74 Å². The molecule has 1 aromatic heterocycles. The molecule has 0 amide bonds. The fourth-order valence-corrected chi connectivity index (χ4v) is 4.16. The lowest BCUT2D eigenvalue weighted by atomic mass is 10.1. The van der Waals surface area contributed by atoms with Crippen molar-refractivity contribution in [1.29, 1.82) is 0 Å². The fraction of sp³-hybridized carbons (Fsp3) is 0.115. The summed E-state index contributed by atoms with van der Waals surface area (Å²) in [5.41, 5.74) is 1.05. The molecule has 192 valence electrons. The molecule has 0 aliphatic rings. The number of benzene rings is 3. The molecule has 0 aliphatic heterocycles. The Kier molecular flexibility index (Phi) is 7.53. The molecule has 4 aromatic rings. The van der Waals surface area contributed by atoms with Crippen LogP contribution in [0, 0.1) is 24.4 Å². The minimum absolute atomic E-state index is 0.224. The van der Waals surface area contributed by atoms with Gasteiger partial charge in [-0.1, -0.05) is 15.9 Å². The predicted molar refractivity (Wildman–Crippen MR) is 128 cm³/mol. The summed E-state index contributed by atoms with van der Waals surface area (Å²) in [5, 5.41) is 9.53. The molecule has 0 fully saturated rings. The van der Waals surface area contributed by atoms with Crippen molar-refractivity contribution >= 4 is 21.9 Å². The smallest absolute Gasteiger partial charge is 0.387 e. The Morgan fingerprint density at radius 1 is 0.973 bits per heavy atom. The zero-order valence-electron chi connectivity index (χ0n) is 18.9. The first kappa shape index (κ1) is 26.2. The highest BCUT2D eigenvalue weighted by Crippen LogP contribution is 2.37. The highest BCUT2D eigenvalue weighted by Gasteiger charge is 2.20. The topological polar surface area (TPSA) is 60.7 Å². The highest BCUT2D eigenvalue weighted by molar-refractivity contribution is 9.10. The second-order valence-corrected chi connectivity index (χ2v) is 8.75. The number of aromatic carboxylic acids is 1. The average Bonchev–Trinajstić information content (AvgIpc) is 3.20. The van der Waals surface area contributed by atoms with Crippen LogP contribution in [0.2, 0.25) is 0 Å². The Morgan fingerprint density at radius 3 is 2.30 bits per heavy atom. The van der Waals surface area contributed by atoms with Crippen molar-refractivity contribution in [2.75, 3.05) is 0 Å². The van der Waals surface area contributed by atoms with Gasteiger partial charge in [0.2, 0.25) is 0 Å². The molecule has 37 heavy (non-hydrogen) atoms. The van der Waals surface area contributed by atoms with E-state index in [-0.39, 0.29) is 5.75 Å². The molecule has 3 aromatic carbocycles. The number of carbonyl (C=O) groups is 1. The minimum Gasteiger partial charge on any atom is -0.488 e. The van der Waals surface area contributed by atoms with Gasteiger partial charge in [-0.2, -0.15) is 8.78 Å². The maximum Gasteiger partial charge on any atom is 0.387 e. The summed E-state index contributed by atoms with van der Waals surface area (Å²) in [4.78, 5) is 11.7. The zero-order chi connectivity index (χ0) is 26.9. The van der Waals surface area contributed by atoms with Crippen LogP contribution in [0.15, 0.2) is 65.1 Å². The standard InChI is InChI=1S/C26H17BrF5NO4/c1-13-2-5-22(33(13)16-4-7-24(37-26(31)32)18(11-16)25(34)35)17-8-14(27)3-6-23(17)36-12-19-20(29)9-15(28)10-21(19)30/h2-11,26H,12H2,1H3,(H,34,35). The van der Waals surface area contributed by atoms with Crippen molar-refractivity contribution in [3.05, 3.63) is 99.4 Å². The summed E-state index contributed by atoms with van der Waals surface area (Å²) >= 11 is 3.38. The van der Waals surface area contributed by atoms with Gasteiger partial charge in [0.25, 0.3) is 0 Å². The first-order chi connectivity index (χ1) is 17.5. The molecule has 0 saturated carbocycles. The first-order valence-electron chi connectivity index (χ1n) is 10.6. The summed E-state index contributed by atoms with van der Waals surface area (Å²) in [6.07, 6.45) is 0. The molecule has 0 bridgehead atoms. The molecule has 0 spiro atoms. The first-order valence-corrected chi connectivity index (χ1v) is 11.4. The minimum atomic E-state index is -3.20. The number of hydrogen-bond donors (Lipinski definition) is 1. The third kappa shape index (κ3) is 5.61. The molecule has 0 unspecified atom stereocenters. The van der Waals surface area contributed by atoms with Gasteiger partial charge in [-0.15, -0.1) is 0 Å². The number of carboxylic acid groups (broad SMARTS) is 1. The Hall–Kier alpha value is -3.86. The highest BCUT2D eigenvalue weighted by atomic mass is 79.9. The second-order valence-electron chi connectivity index (χ2n) is 7.84. The van der Waals surface area contributed by atoms with Crippen LogP contribution in [0.25, 0.3) is 16.9 Å². The van der Waals surface area contributed by atoms with Gasteiger partial charge in [-0.25, -0.2) is 18.0 Å². The van der Waals surface area contributed by atoms with E-state index in [1.165, 1.54) is 12.1 Å². The molecule has 5 nitrogen and oxygen atoms in total. The van der Waals surface area contributed by atoms with Gasteiger partial charge in [0, 0.05) is 33.6 Å². The lowest BCUT2D eigenvalue weighted by Gasteiger charge is -2.18. The van der Waals surface area contributed by atoms with Gasteiger partial charge in [0.1, 0.15) is 41.1 Å². The Balaban J connectivity index is 1.78. The van der Waals surface area contributed by atoms with E-state index in [1.54, 1.807) is 41.8 Å². The maximum atomic E-state index is 14.1. The van der Waals surface area contributed by atoms with Crippen molar-refractivity contribution in [3.8, 4) is 28.4 Å². The molecule has 0 saturated heterocycles. The summed E-state index contributed by atoms with van der Waals surface area (Å²) in [7, 11) is 0. The van der Waals surface area contributed by atoms with E-state index in [0.29, 0.717) is 39.2 Å². The lowest BCUT2D eigenvalue weighted by molar-refractivity contribution is -0.0503. The fourth-order valence-electron chi connectivity index (χ4n) is 3.80.